The second-order valence-electron chi connectivity index (χ2n) is 9.16. The summed E-state index contributed by atoms with van der Waals surface area (Å²) in [5.41, 5.74) is 1.87. The van der Waals surface area contributed by atoms with Crippen molar-refractivity contribution in [3.63, 3.8) is 0 Å². The second kappa shape index (κ2) is 6.37. The molecule has 1 N–H and O–H groups in total. The van der Waals surface area contributed by atoms with Crippen LogP contribution in [0.15, 0.2) is 24.3 Å². The van der Waals surface area contributed by atoms with Gasteiger partial charge in [-0.15, -0.1) is 0 Å². The van der Waals surface area contributed by atoms with E-state index >= 15 is 0 Å². The summed E-state index contributed by atoms with van der Waals surface area (Å²) in [5.74, 6) is 4.11. The van der Waals surface area contributed by atoms with Crippen LogP contribution in [0.3, 0.4) is 0 Å². The van der Waals surface area contributed by atoms with Crippen LogP contribution in [0.25, 0.3) is 0 Å². The van der Waals surface area contributed by atoms with Gasteiger partial charge in [-0.05, 0) is 88.5 Å². The summed E-state index contributed by atoms with van der Waals surface area (Å²) < 4.78 is 5.99. The van der Waals surface area contributed by atoms with Gasteiger partial charge in [-0.25, -0.2) is 0 Å². The van der Waals surface area contributed by atoms with Crippen molar-refractivity contribution in [3.05, 3.63) is 29.8 Å². The number of benzene rings is 1. The van der Waals surface area contributed by atoms with Crippen LogP contribution in [0.1, 0.15) is 64.9 Å². The van der Waals surface area contributed by atoms with Crippen LogP contribution < -0.4 is 10.1 Å². The third-order valence-corrected chi connectivity index (χ3v) is 6.94. The fourth-order valence-electron chi connectivity index (χ4n) is 6.21. The predicted octanol–water partition coefficient (Wildman–Crippen LogP) is 5.17. The molecule has 24 heavy (non-hydrogen) atoms. The number of nitrogens with one attached hydrogen (secondary N) is 1. The van der Waals surface area contributed by atoms with Gasteiger partial charge in [0.1, 0.15) is 5.75 Å². The molecule has 4 saturated carbocycles. The summed E-state index contributed by atoms with van der Waals surface area (Å²) in [4.78, 5) is 0. The molecule has 4 aliphatic rings. The monoisotopic (exact) mass is 327 g/mol. The molecular weight excluding hydrogens is 294 g/mol. The molecule has 0 aliphatic heterocycles. The SMILES string of the molecule is CC(C)Oc1ccccc1CNC(C)C12CC3CC(CC(C3)C1)C2. The minimum Gasteiger partial charge on any atom is -0.491 e. The molecule has 1 atom stereocenters. The minimum absolute atomic E-state index is 0.228. The predicted molar refractivity (Wildman–Crippen MR) is 99.1 cm³/mol. The highest BCUT2D eigenvalue weighted by Gasteiger charge is 2.52. The number of para-hydroxylation sites is 1. The Kier molecular flexibility index (Phi) is 4.36. The van der Waals surface area contributed by atoms with Crippen LogP contribution in [0, 0.1) is 23.2 Å². The molecule has 5 rings (SSSR count). The molecule has 0 aromatic heterocycles. The van der Waals surface area contributed by atoms with Crippen molar-refractivity contribution in [1.29, 1.82) is 0 Å². The van der Waals surface area contributed by atoms with Gasteiger partial charge < -0.3 is 10.1 Å². The quantitative estimate of drug-likeness (QED) is 0.778. The number of hydrogen-bond donors (Lipinski definition) is 1. The largest absolute Gasteiger partial charge is 0.491 e. The summed E-state index contributed by atoms with van der Waals surface area (Å²) in [5, 5.41) is 3.89. The van der Waals surface area contributed by atoms with Crippen LogP contribution in [0.5, 0.6) is 5.75 Å². The first-order chi connectivity index (χ1) is 11.5. The Morgan fingerprint density at radius 1 is 1.00 bits per heavy atom. The van der Waals surface area contributed by atoms with Gasteiger partial charge in [0.25, 0.3) is 0 Å². The van der Waals surface area contributed by atoms with Gasteiger partial charge in [0.15, 0.2) is 0 Å². The maximum absolute atomic E-state index is 5.99. The molecule has 0 spiro atoms. The van der Waals surface area contributed by atoms with E-state index in [9.17, 15) is 0 Å². The Hall–Kier alpha value is -1.02. The molecule has 4 aliphatic carbocycles. The van der Waals surface area contributed by atoms with E-state index in [1.54, 1.807) is 0 Å². The Bertz CT molecular complexity index is 544. The minimum atomic E-state index is 0.228. The molecule has 1 aromatic rings. The van der Waals surface area contributed by atoms with Crippen molar-refractivity contribution in [2.24, 2.45) is 23.2 Å². The lowest BCUT2D eigenvalue weighted by Gasteiger charge is -2.59. The topological polar surface area (TPSA) is 21.3 Å². The van der Waals surface area contributed by atoms with Gasteiger partial charge in [-0.2, -0.15) is 0 Å². The van der Waals surface area contributed by atoms with Crippen LogP contribution in [0.4, 0.5) is 0 Å². The van der Waals surface area contributed by atoms with E-state index in [0.29, 0.717) is 11.5 Å². The molecule has 132 valence electrons. The van der Waals surface area contributed by atoms with E-state index in [0.717, 1.165) is 30.0 Å². The summed E-state index contributed by atoms with van der Waals surface area (Å²) in [6, 6.07) is 9.12. The lowest BCUT2D eigenvalue weighted by molar-refractivity contribution is -0.0707. The molecule has 0 heterocycles. The average molecular weight is 328 g/mol. The van der Waals surface area contributed by atoms with Crippen molar-refractivity contribution in [2.45, 2.75) is 78.0 Å². The van der Waals surface area contributed by atoms with Crippen molar-refractivity contribution >= 4 is 0 Å². The highest BCUT2D eigenvalue weighted by atomic mass is 16.5. The fraction of sp³-hybridized carbons (Fsp3) is 0.727. The van der Waals surface area contributed by atoms with E-state index in [-0.39, 0.29) is 6.10 Å². The lowest BCUT2D eigenvalue weighted by Crippen LogP contribution is -2.54. The third kappa shape index (κ3) is 3.10. The average Bonchev–Trinajstić information content (AvgIpc) is 2.52. The van der Waals surface area contributed by atoms with E-state index in [1.165, 1.54) is 44.1 Å². The van der Waals surface area contributed by atoms with E-state index in [1.807, 2.05) is 0 Å². The highest BCUT2D eigenvalue weighted by molar-refractivity contribution is 5.33. The molecule has 4 fully saturated rings. The maximum Gasteiger partial charge on any atom is 0.124 e. The first kappa shape index (κ1) is 16.4. The van der Waals surface area contributed by atoms with Crippen LogP contribution in [-0.2, 0) is 6.54 Å². The van der Waals surface area contributed by atoms with Gasteiger partial charge in [0, 0.05) is 18.2 Å². The van der Waals surface area contributed by atoms with Crippen molar-refractivity contribution < 1.29 is 4.74 Å². The van der Waals surface area contributed by atoms with E-state index in [4.69, 9.17) is 4.74 Å². The number of ether oxygens (including phenoxy) is 1. The smallest absolute Gasteiger partial charge is 0.124 e. The van der Waals surface area contributed by atoms with Crippen molar-refractivity contribution in [2.75, 3.05) is 0 Å². The zero-order valence-corrected chi connectivity index (χ0v) is 15.6. The number of rotatable bonds is 6. The summed E-state index contributed by atoms with van der Waals surface area (Å²) >= 11 is 0. The molecule has 2 heteroatoms. The molecule has 0 saturated heterocycles. The Labute approximate surface area is 147 Å². The molecular formula is C22H33NO. The zero-order valence-electron chi connectivity index (χ0n) is 15.6. The molecule has 1 unspecified atom stereocenters. The zero-order chi connectivity index (χ0) is 16.7. The summed E-state index contributed by atoms with van der Waals surface area (Å²) in [6.45, 7) is 7.56. The van der Waals surface area contributed by atoms with Crippen LogP contribution in [-0.4, -0.2) is 12.1 Å². The van der Waals surface area contributed by atoms with Gasteiger partial charge in [-0.1, -0.05) is 18.2 Å². The highest BCUT2D eigenvalue weighted by Crippen LogP contribution is 2.61. The summed E-state index contributed by atoms with van der Waals surface area (Å²) in [6.07, 6.45) is 9.21. The van der Waals surface area contributed by atoms with E-state index in [2.05, 4.69) is 50.4 Å². The molecule has 0 amide bonds. The lowest BCUT2D eigenvalue weighted by atomic mass is 9.48. The first-order valence-electron chi connectivity index (χ1n) is 10.0. The standard InChI is InChI=1S/C22H33NO/c1-15(2)24-21-7-5-4-6-20(21)14-23-16(3)22-11-17-8-18(12-22)10-19(9-17)13-22/h4-7,15-19,23H,8-14H2,1-3H3. The maximum atomic E-state index is 5.99. The fourth-order valence-corrected chi connectivity index (χ4v) is 6.21. The Morgan fingerprint density at radius 2 is 1.58 bits per heavy atom. The summed E-state index contributed by atoms with van der Waals surface area (Å²) in [7, 11) is 0. The van der Waals surface area contributed by atoms with E-state index < -0.39 is 0 Å². The molecule has 4 bridgehead atoms. The van der Waals surface area contributed by atoms with Gasteiger partial charge in [0.2, 0.25) is 0 Å². The molecule has 1 aromatic carbocycles. The normalized spacial score (nSPS) is 35.4. The molecule has 0 radical (unpaired) electrons. The van der Waals surface area contributed by atoms with Crippen molar-refractivity contribution in [1.82, 2.24) is 5.32 Å². The third-order valence-electron chi connectivity index (χ3n) is 6.94. The van der Waals surface area contributed by atoms with Gasteiger partial charge >= 0.3 is 0 Å². The Balaban J connectivity index is 1.43. The van der Waals surface area contributed by atoms with Crippen LogP contribution in [0.2, 0.25) is 0 Å². The Morgan fingerprint density at radius 3 is 2.17 bits per heavy atom. The van der Waals surface area contributed by atoms with Gasteiger partial charge in [0.05, 0.1) is 6.10 Å². The number of hydrogen-bond acceptors (Lipinski definition) is 2. The first-order valence-corrected chi connectivity index (χ1v) is 10.0. The van der Waals surface area contributed by atoms with Crippen LogP contribution >= 0.6 is 0 Å². The second-order valence-corrected chi connectivity index (χ2v) is 9.16. The van der Waals surface area contributed by atoms with Crippen molar-refractivity contribution in [3.8, 4) is 5.75 Å². The molecule has 2 nitrogen and oxygen atoms in total. The van der Waals surface area contributed by atoms with Gasteiger partial charge in [-0.3, -0.25) is 0 Å².